The van der Waals surface area contributed by atoms with E-state index in [2.05, 4.69) is 4.98 Å². The third kappa shape index (κ3) is 2.33. The van der Waals surface area contributed by atoms with Crippen molar-refractivity contribution in [3.05, 3.63) is 47.9 Å². The van der Waals surface area contributed by atoms with E-state index in [1.807, 2.05) is 13.0 Å². The minimum atomic E-state index is -0.354. The van der Waals surface area contributed by atoms with Crippen molar-refractivity contribution in [1.82, 2.24) is 4.98 Å². The molecule has 0 bridgehead atoms. The van der Waals surface area contributed by atoms with Crippen molar-refractivity contribution >= 4 is 17.2 Å². The number of rotatable bonds is 3. The third-order valence-electron chi connectivity index (χ3n) is 2.80. The highest BCUT2D eigenvalue weighted by atomic mass is 19.1. The third-order valence-corrected chi connectivity index (χ3v) is 2.80. The second-order valence-corrected chi connectivity index (χ2v) is 3.90. The zero-order valence-corrected chi connectivity index (χ0v) is 10.5. The van der Waals surface area contributed by atoms with E-state index < -0.39 is 0 Å². The molecule has 0 amide bonds. The van der Waals surface area contributed by atoms with Gasteiger partial charge in [0.2, 0.25) is 0 Å². The van der Waals surface area contributed by atoms with E-state index in [-0.39, 0.29) is 11.5 Å². The molecular formula is C14H13FN4. The smallest absolute Gasteiger partial charge is 0.157 e. The van der Waals surface area contributed by atoms with E-state index in [0.717, 1.165) is 0 Å². The van der Waals surface area contributed by atoms with Crippen molar-refractivity contribution in [1.29, 1.82) is 5.26 Å². The van der Waals surface area contributed by atoms with Gasteiger partial charge in [-0.15, -0.1) is 0 Å². The van der Waals surface area contributed by atoms with Crippen LogP contribution in [-0.2, 0) is 0 Å². The molecule has 2 rings (SSSR count). The summed E-state index contributed by atoms with van der Waals surface area (Å²) in [5, 5.41) is 8.97. The minimum Gasteiger partial charge on any atom is -0.395 e. The van der Waals surface area contributed by atoms with Gasteiger partial charge in [-0.2, -0.15) is 5.26 Å². The van der Waals surface area contributed by atoms with Crippen molar-refractivity contribution in [2.75, 3.05) is 17.2 Å². The Morgan fingerprint density at radius 1 is 1.37 bits per heavy atom. The Balaban J connectivity index is 2.56. The lowest BCUT2D eigenvalue weighted by Crippen LogP contribution is -2.20. The Morgan fingerprint density at radius 2 is 2.11 bits per heavy atom. The number of para-hydroxylation sites is 1. The van der Waals surface area contributed by atoms with Crippen molar-refractivity contribution < 1.29 is 4.39 Å². The molecule has 96 valence electrons. The molecule has 0 spiro atoms. The Labute approximate surface area is 110 Å². The number of aromatic nitrogens is 1. The standard InChI is InChI=1S/C14H13FN4/c1-2-19(12-6-4-3-5-11(12)15)14-13(17)10(9-16)7-8-18-14/h3-8H,2,17H2,1H3. The Bertz CT molecular complexity index is 634. The topological polar surface area (TPSA) is 65.9 Å². The first-order valence-electron chi connectivity index (χ1n) is 5.85. The maximum absolute atomic E-state index is 13.9. The number of nitriles is 1. The van der Waals surface area contributed by atoms with Crippen molar-refractivity contribution in [2.45, 2.75) is 6.92 Å². The normalized spacial score (nSPS) is 9.95. The highest BCUT2D eigenvalue weighted by molar-refractivity contribution is 5.75. The number of anilines is 3. The van der Waals surface area contributed by atoms with Gasteiger partial charge in [0.05, 0.1) is 16.9 Å². The van der Waals surface area contributed by atoms with E-state index in [1.54, 1.807) is 23.1 Å². The fraction of sp³-hybridized carbons (Fsp3) is 0.143. The number of benzene rings is 1. The Morgan fingerprint density at radius 3 is 2.74 bits per heavy atom. The van der Waals surface area contributed by atoms with Crippen LogP contribution in [0.3, 0.4) is 0 Å². The molecular weight excluding hydrogens is 243 g/mol. The second-order valence-electron chi connectivity index (χ2n) is 3.90. The highest BCUT2D eigenvalue weighted by Gasteiger charge is 2.17. The van der Waals surface area contributed by atoms with Crippen LogP contribution in [0.2, 0.25) is 0 Å². The van der Waals surface area contributed by atoms with Crippen LogP contribution in [0.15, 0.2) is 36.5 Å². The molecule has 2 N–H and O–H groups in total. The van der Waals surface area contributed by atoms with Crippen molar-refractivity contribution in [3.63, 3.8) is 0 Å². The molecule has 1 aromatic carbocycles. The quantitative estimate of drug-likeness (QED) is 0.917. The fourth-order valence-corrected chi connectivity index (χ4v) is 1.88. The number of nitrogen functional groups attached to an aromatic ring is 1. The number of pyridine rings is 1. The summed E-state index contributed by atoms with van der Waals surface area (Å²) in [6, 6.07) is 9.92. The van der Waals surface area contributed by atoms with Crippen LogP contribution >= 0.6 is 0 Å². The summed E-state index contributed by atoms with van der Waals surface area (Å²) < 4.78 is 13.9. The van der Waals surface area contributed by atoms with Gasteiger partial charge in [-0.25, -0.2) is 9.37 Å². The summed E-state index contributed by atoms with van der Waals surface area (Å²) in [4.78, 5) is 5.80. The zero-order valence-electron chi connectivity index (χ0n) is 10.5. The predicted molar refractivity (Wildman–Crippen MR) is 72.4 cm³/mol. The lowest BCUT2D eigenvalue weighted by atomic mass is 10.2. The molecule has 0 saturated heterocycles. The number of hydrogen-bond donors (Lipinski definition) is 1. The number of nitrogens with two attached hydrogens (primary N) is 1. The van der Waals surface area contributed by atoms with Crippen molar-refractivity contribution in [3.8, 4) is 6.07 Å². The Kier molecular flexibility index (Phi) is 3.62. The highest BCUT2D eigenvalue weighted by Crippen LogP contribution is 2.31. The van der Waals surface area contributed by atoms with Gasteiger partial charge >= 0.3 is 0 Å². The molecule has 0 unspecified atom stereocenters. The number of hydrogen-bond acceptors (Lipinski definition) is 4. The summed E-state index contributed by atoms with van der Waals surface area (Å²) in [7, 11) is 0. The first kappa shape index (κ1) is 12.8. The van der Waals surface area contributed by atoms with Crippen LogP contribution < -0.4 is 10.6 Å². The van der Waals surface area contributed by atoms with Crippen molar-refractivity contribution in [2.24, 2.45) is 0 Å². The van der Waals surface area contributed by atoms with Crippen LogP contribution in [0, 0.1) is 17.1 Å². The van der Waals surface area contributed by atoms with Gasteiger partial charge in [-0.3, -0.25) is 0 Å². The summed E-state index contributed by atoms with van der Waals surface area (Å²) in [5.41, 5.74) is 6.89. The number of nitrogens with zero attached hydrogens (tertiary/aromatic N) is 3. The molecule has 0 aliphatic carbocycles. The van der Waals surface area contributed by atoms with Crippen LogP contribution in [0.1, 0.15) is 12.5 Å². The lowest BCUT2D eigenvalue weighted by molar-refractivity contribution is 0.625. The summed E-state index contributed by atoms with van der Waals surface area (Å²) in [5.74, 6) is 0.0413. The fourth-order valence-electron chi connectivity index (χ4n) is 1.88. The van der Waals surface area contributed by atoms with Gasteiger partial charge < -0.3 is 10.6 Å². The van der Waals surface area contributed by atoms with Gasteiger partial charge in [-0.1, -0.05) is 12.1 Å². The van der Waals surface area contributed by atoms with E-state index in [1.165, 1.54) is 18.3 Å². The second kappa shape index (κ2) is 5.36. The average molecular weight is 256 g/mol. The van der Waals surface area contributed by atoms with E-state index in [0.29, 0.717) is 23.6 Å². The lowest BCUT2D eigenvalue weighted by Gasteiger charge is -2.24. The maximum Gasteiger partial charge on any atom is 0.157 e. The molecule has 0 fully saturated rings. The molecule has 19 heavy (non-hydrogen) atoms. The van der Waals surface area contributed by atoms with Gasteiger partial charge in [0.15, 0.2) is 5.82 Å². The van der Waals surface area contributed by atoms with Gasteiger partial charge in [-0.05, 0) is 25.1 Å². The number of halogens is 1. The molecule has 0 aliphatic rings. The molecule has 0 saturated carbocycles. The molecule has 5 heteroatoms. The molecule has 1 aromatic heterocycles. The van der Waals surface area contributed by atoms with E-state index in [9.17, 15) is 4.39 Å². The van der Waals surface area contributed by atoms with Crippen LogP contribution in [-0.4, -0.2) is 11.5 Å². The predicted octanol–water partition coefficient (Wildman–Crippen LogP) is 2.83. The first-order valence-corrected chi connectivity index (χ1v) is 5.85. The molecule has 0 radical (unpaired) electrons. The van der Waals surface area contributed by atoms with E-state index in [4.69, 9.17) is 11.0 Å². The molecule has 0 atom stereocenters. The molecule has 0 aliphatic heterocycles. The molecule has 1 heterocycles. The van der Waals surface area contributed by atoms with Crippen LogP contribution in [0.25, 0.3) is 0 Å². The monoisotopic (exact) mass is 256 g/mol. The first-order chi connectivity index (χ1) is 9.19. The maximum atomic E-state index is 13.9. The summed E-state index contributed by atoms with van der Waals surface area (Å²) in [6.07, 6.45) is 1.49. The summed E-state index contributed by atoms with van der Waals surface area (Å²) >= 11 is 0. The Hall–Kier alpha value is -2.61. The van der Waals surface area contributed by atoms with Gasteiger partial charge in [0, 0.05) is 12.7 Å². The zero-order chi connectivity index (χ0) is 13.8. The largest absolute Gasteiger partial charge is 0.395 e. The molecule has 4 nitrogen and oxygen atoms in total. The van der Waals surface area contributed by atoms with Gasteiger partial charge in [0.1, 0.15) is 11.9 Å². The van der Waals surface area contributed by atoms with Gasteiger partial charge in [0.25, 0.3) is 0 Å². The van der Waals surface area contributed by atoms with Crippen LogP contribution in [0.5, 0.6) is 0 Å². The average Bonchev–Trinajstić information content (AvgIpc) is 2.43. The van der Waals surface area contributed by atoms with E-state index >= 15 is 0 Å². The van der Waals surface area contributed by atoms with Crippen LogP contribution in [0.4, 0.5) is 21.6 Å². The minimum absolute atomic E-state index is 0.259. The summed E-state index contributed by atoms with van der Waals surface area (Å²) in [6.45, 7) is 2.36. The molecule has 2 aromatic rings. The SMILES string of the molecule is CCN(c1ccccc1F)c1nccc(C#N)c1N.